The van der Waals surface area contributed by atoms with Crippen molar-refractivity contribution >= 4 is 7.85 Å². The van der Waals surface area contributed by atoms with E-state index in [4.69, 9.17) is 13.6 Å². The van der Waals surface area contributed by atoms with Crippen LogP contribution in [0.2, 0.25) is 5.82 Å². The summed E-state index contributed by atoms with van der Waals surface area (Å²) >= 11 is 0. The standard InChI is InChI=1S/C6H8BN/c7-5-1-3-6(8)4-2-5/h1,3-5H,2,8H2. The van der Waals surface area contributed by atoms with Gasteiger partial charge in [0.2, 0.25) is 0 Å². The lowest BCUT2D eigenvalue weighted by Crippen LogP contribution is -1.99. The van der Waals surface area contributed by atoms with Gasteiger partial charge in [-0.05, 0) is 12.5 Å². The highest BCUT2D eigenvalue weighted by atomic mass is 14.6. The van der Waals surface area contributed by atoms with E-state index in [9.17, 15) is 0 Å². The van der Waals surface area contributed by atoms with Crippen LogP contribution in [-0.2, 0) is 0 Å². The Hall–Kier alpha value is -0.655. The molecule has 1 atom stereocenters. The lowest BCUT2D eigenvalue weighted by atomic mass is 9.82. The molecular weight excluding hydrogens is 96.9 g/mol. The monoisotopic (exact) mass is 105 g/mol. The Morgan fingerprint density at radius 3 is 2.88 bits per heavy atom. The second kappa shape index (κ2) is 2.08. The summed E-state index contributed by atoms with van der Waals surface area (Å²) < 4.78 is 0. The van der Waals surface area contributed by atoms with E-state index in [2.05, 4.69) is 0 Å². The molecule has 2 N–H and O–H groups in total. The van der Waals surface area contributed by atoms with Crippen molar-refractivity contribution in [1.29, 1.82) is 0 Å². The predicted octanol–water partition coefficient (Wildman–Crippen LogP) is 0.746. The van der Waals surface area contributed by atoms with E-state index in [0.29, 0.717) is 0 Å². The first kappa shape index (κ1) is 5.48. The fourth-order valence-corrected chi connectivity index (χ4v) is 0.653. The summed E-state index contributed by atoms with van der Waals surface area (Å²) in [6, 6.07) is 0. The zero-order chi connectivity index (χ0) is 5.98. The minimum absolute atomic E-state index is 0.183. The molecule has 1 aliphatic carbocycles. The average molecular weight is 105 g/mol. The zero-order valence-electron chi connectivity index (χ0n) is 4.67. The number of rotatable bonds is 0. The van der Waals surface area contributed by atoms with Crippen LogP contribution in [0.15, 0.2) is 23.9 Å². The third kappa shape index (κ3) is 1.16. The Morgan fingerprint density at radius 1 is 1.75 bits per heavy atom. The van der Waals surface area contributed by atoms with Gasteiger partial charge in [0.15, 0.2) is 0 Å². The third-order valence-corrected chi connectivity index (χ3v) is 1.16. The van der Waals surface area contributed by atoms with Gasteiger partial charge >= 0.3 is 0 Å². The van der Waals surface area contributed by atoms with Gasteiger partial charge in [0.1, 0.15) is 0 Å². The van der Waals surface area contributed by atoms with E-state index < -0.39 is 0 Å². The first-order valence-corrected chi connectivity index (χ1v) is 2.68. The van der Waals surface area contributed by atoms with Gasteiger partial charge < -0.3 is 5.73 Å². The van der Waals surface area contributed by atoms with Crippen LogP contribution in [0.1, 0.15) is 6.42 Å². The molecule has 1 nitrogen and oxygen atoms in total. The van der Waals surface area contributed by atoms with Crippen LogP contribution < -0.4 is 5.73 Å². The van der Waals surface area contributed by atoms with Crippen LogP contribution in [-0.4, -0.2) is 7.85 Å². The van der Waals surface area contributed by atoms with Gasteiger partial charge in [0, 0.05) is 5.70 Å². The topological polar surface area (TPSA) is 26.0 Å². The van der Waals surface area contributed by atoms with Gasteiger partial charge in [-0.15, -0.1) is 0 Å². The number of nitrogens with two attached hydrogens (primary N) is 1. The molecule has 0 amide bonds. The molecule has 0 bridgehead atoms. The number of hydrogen-bond donors (Lipinski definition) is 1. The molecule has 2 heteroatoms. The average Bonchev–Trinajstić information content (AvgIpc) is 1.77. The van der Waals surface area contributed by atoms with Crippen LogP contribution in [0.4, 0.5) is 0 Å². The summed E-state index contributed by atoms with van der Waals surface area (Å²) in [5.74, 6) is 0.183. The lowest BCUT2D eigenvalue weighted by molar-refractivity contribution is 1.00. The van der Waals surface area contributed by atoms with E-state index in [1.807, 2.05) is 18.2 Å². The summed E-state index contributed by atoms with van der Waals surface area (Å²) in [6.45, 7) is 0. The van der Waals surface area contributed by atoms with Gasteiger partial charge in [-0.2, -0.15) is 0 Å². The Balaban J connectivity index is 2.58. The minimum atomic E-state index is 0.183. The summed E-state index contributed by atoms with van der Waals surface area (Å²) in [5.41, 5.74) is 6.24. The van der Waals surface area contributed by atoms with Gasteiger partial charge in [-0.3, -0.25) is 0 Å². The molecular formula is C6H8BN. The van der Waals surface area contributed by atoms with Crippen molar-refractivity contribution in [3.05, 3.63) is 23.9 Å². The first-order valence-electron chi connectivity index (χ1n) is 2.68. The largest absolute Gasteiger partial charge is 0.399 e. The van der Waals surface area contributed by atoms with Crippen LogP contribution in [0.3, 0.4) is 0 Å². The van der Waals surface area contributed by atoms with Crippen molar-refractivity contribution in [3.63, 3.8) is 0 Å². The van der Waals surface area contributed by atoms with E-state index in [1.54, 1.807) is 0 Å². The first-order chi connectivity index (χ1) is 3.79. The summed E-state index contributed by atoms with van der Waals surface area (Å²) in [7, 11) is 5.51. The van der Waals surface area contributed by atoms with Crippen molar-refractivity contribution in [2.24, 2.45) is 5.73 Å². The molecule has 0 aromatic carbocycles. The summed E-state index contributed by atoms with van der Waals surface area (Å²) in [4.78, 5) is 0. The SMILES string of the molecule is [B]C1C=CC(N)=CC1. The second-order valence-electron chi connectivity index (χ2n) is 1.96. The van der Waals surface area contributed by atoms with Crippen molar-refractivity contribution < 1.29 is 0 Å². The van der Waals surface area contributed by atoms with Gasteiger partial charge in [-0.1, -0.05) is 18.0 Å². The number of hydrogen-bond acceptors (Lipinski definition) is 1. The molecule has 0 aromatic heterocycles. The fourth-order valence-electron chi connectivity index (χ4n) is 0.653. The van der Waals surface area contributed by atoms with Gasteiger partial charge in [0.25, 0.3) is 0 Å². The minimum Gasteiger partial charge on any atom is -0.399 e. The molecule has 0 spiro atoms. The maximum atomic E-state index is 5.51. The second-order valence-corrected chi connectivity index (χ2v) is 1.96. The van der Waals surface area contributed by atoms with Crippen molar-refractivity contribution in [2.45, 2.75) is 12.2 Å². The highest BCUT2D eigenvalue weighted by molar-refractivity contribution is 6.13. The fraction of sp³-hybridized carbons (Fsp3) is 0.333. The Kier molecular flexibility index (Phi) is 1.42. The van der Waals surface area contributed by atoms with Crippen molar-refractivity contribution in [2.75, 3.05) is 0 Å². The smallest absolute Gasteiger partial charge is 0.0759 e. The van der Waals surface area contributed by atoms with Crippen molar-refractivity contribution in [3.8, 4) is 0 Å². The molecule has 0 fully saturated rings. The van der Waals surface area contributed by atoms with Crippen LogP contribution in [0.25, 0.3) is 0 Å². The maximum Gasteiger partial charge on any atom is 0.0759 e. The molecule has 1 unspecified atom stereocenters. The lowest BCUT2D eigenvalue weighted by Gasteiger charge is -2.06. The molecule has 0 aliphatic heterocycles. The molecule has 8 heavy (non-hydrogen) atoms. The highest BCUT2D eigenvalue weighted by Crippen LogP contribution is 2.14. The normalized spacial score (nSPS) is 27.5. The maximum absolute atomic E-state index is 5.51. The van der Waals surface area contributed by atoms with Gasteiger partial charge in [-0.25, -0.2) is 0 Å². The van der Waals surface area contributed by atoms with Crippen molar-refractivity contribution in [1.82, 2.24) is 0 Å². The van der Waals surface area contributed by atoms with E-state index in [0.717, 1.165) is 12.1 Å². The molecule has 0 saturated carbocycles. The van der Waals surface area contributed by atoms with E-state index >= 15 is 0 Å². The van der Waals surface area contributed by atoms with E-state index in [-0.39, 0.29) is 5.82 Å². The molecule has 1 aliphatic rings. The summed E-state index contributed by atoms with van der Waals surface area (Å²) in [5, 5.41) is 0. The molecule has 40 valence electrons. The van der Waals surface area contributed by atoms with Crippen LogP contribution in [0.5, 0.6) is 0 Å². The molecule has 2 radical (unpaired) electrons. The molecule has 0 saturated heterocycles. The number of allylic oxidation sites excluding steroid dienone is 3. The van der Waals surface area contributed by atoms with Gasteiger partial charge in [0.05, 0.1) is 7.85 Å². The summed E-state index contributed by atoms with van der Waals surface area (Å²) in [6.07, 6.45) is 6.57. The molecule has 0 aromatic rings. The molecule has 1 rings (SSSR count). The highest BCUT2D eigenvalue weighted by Gasteiger charge is 1.97. The zero-order valence-corrected chi connectivity index (χ0v) is 4.67. The van der Waals surface area contributed by atoms with Crippen LogP contribution in [0, 0.1) is 0 Å². The Morgan fingerprint density at radius 2 is 2.50 bits per heavy atom. The Bertz CT molecular complexity index is 137. The third-order valence-electron chi connectivity index (χ3n) is 1.16. The van der Waals surface area contributed by atoms with Crippen LogP contribution >= 0.6 is 0 Å². The quantitative estimate of drug-likeness (QED) is 0.452. The Labute approximate surface area is 50.7 Å². The predicted molar refractivity (Wildman–Crippen MR) is 35.5 cm³/mol. The molecule has 0 heterocycles. The van der Waals surface area contributed by atoms with E-state index in [1.165, 1.54) is 0 Å².